The Labute approximate surface area is 131 Å². The quantitative estimate of drug-likeness (QED) is 0.801. The van der Waals surface area contributed by atoms with Crippen molar-refractivity contribution in [3.05, 3.63) is 60.1 Å². The van der Waals surface area contributed by atoms with Crippen LogP contribution in [0.25, 0.3) is 11.5 Å². The van der Waals surface area contributed by atoms with Crippen LogP contribution in [-0.4, -0.2) is 12.7 Å². The second-order valence-corrected chi connectivity index (χ2v) is 4.99. The molecule has 1 aromatic carbocycles. The molecule has 1 amide bonds. The van der Waals surface area contributed by atoms with Crippen LogP contribution in [0.15, 0.2) is 57.6 Å². The maximum absolute atomic E-state index is 12.2. The molecule has 0 saturated carbocycles. The van der Waals surface area contributed by atoms with Gasteiger partial charge in [0.25, 0.3) is 5.91 Å². The fraction of sp³-hybridized carbons (Fsp3) is 0.118. The molecule has 0 bridgehead atoms. The highest BCUT2D eigenvalue weighted by Crippen LogP contribution is 2.32. The minimum absolute atomic E-state index is 0.183. The summed E-state index contributed by atoms with van der Waals surface area (Å²) in [6.45, 7) is 0.469. The smallest absolute Gasteiger partial charge is 0.251 e. The highest BCUT2D eigenvalue weighted by atomic mass is 16.7. The lowest BCUT2D eigenvalue weighted by Gasteiger charge is -2.04. The molecule has 0 aliphatic carbocycles. The number of rotatable bonds is 4. The van der Waals surface area contributed by atoms with Crippen LogP contribution >= 0.6 is 0 Å². The number of furan rings is 2. The van der Waals surface area contributed by atoms with Crippen LogP contribution in [0.1, 0.15) is 16.1 Å². The summed E-state index contributed by atoms with van der Waals surface area (Å²) in [6, 6.07) is 12.3. The van der Waals surface area contributed by atoms with E-state index in [-0.39, 0.29) is 19.2 Å². The largest absolute Gasteiger partial charge is 0.461 e. The zero-order valence-corrected chi connectivity index (χ0v) is 12.1. The normalized spacial score (nSPS) is 12.3. The molecule has 4 rings (SSSR count). The predicted octanol–water partition coefficient (Wildman–Crippen LogP) is 3.20. The first-order valence-electron chi connectivity index (χ1n) is 7.10. The number of hydrogen-bond donors (Lipinski definition) is 1. The first-order valence-corrected chi connectivity index (χ1v) is 7.10. The number of ether oxygens (including phenoxy) is 2. The van der Waals surface area contributed by atoms with Crippen molar-refractivity contribution in [3.63, 3.8) is 0 Å². The van der Waals surface area contributed by atoms with Crippen LogP contribution in [0.5, 0.6) is 11.5 Å². The molecule has 6 nitrogen and oxygen atoms in total. The molecule has 6 heteroatoms. The lowest BCUT2D eigenvalue weighted by atomic mass is 10.2. The second-order valence-electron chi connectivity index (χ2n) is 4.99. The number of carbonyl (C=O) groups is 1. The Balaban J connectivity index is 1.42. The van der Waals surface area contributed by atoms with Gasteiger partial charge < -0.3 is 23.6 Å². The minimum Gasteiger partial charge on any atom is -0.461 e. The van der Waals surface area contributed by atoms with Crippen LogP contribution in [-0.2, 0) is 6.54 Å². The summed E-state index contributed by atoms with van der Waals surface area (Å²) in [7, 11) is 0. The molecule has 0 saturated heterocycles. The van der Waals surface area contributed by atoms with Gasteiger partial charge in [-0.1, -0.05) is 0 Å². The van der Waals surface area contributed by atoms with Gasteiger partial charge in [0, 0.05) is 5.56 Å². The molecular formula is C17H13NO5. The monoisotopic (exact) mass is 311 g/mol. The van der Waals surface area contributed by atoms with Crippen LogP contribution < -0.4 is 14.8 Å². The van der Waals surface area contributed by atoms with Crippen molar-refractivity contribution < 1.29 is 23.1 Å². The third-order valence-corrected chi connectivity index (χ3v) is 3.48. The summed E-state index contributed by atoms with van der Waals surface area (Å²) in [6.07, 6.45) is 1.58. The number of carbonyl (C=O) groups excluding carboxylic acids is 1. The Bertz CT molecular complexity index is 835. The van der Waals surface area contributed by atoms with Gasteiger partial charge in [0.2, 0.25) is 6.79 Å². The van der Waals surface area contributed by atoms with Crippen LogP contribution in [0, 0.1) is 0 Å². The molecule has 2 aromatic heterocycles. The van der Waals surface area contributed by atoms with E-state index in [1.165, 1.54) is 0 Å². The van der Waals surface area contributed by atoms with Crippen LogP contribution in [0.4, 0.5) is 0 Å². The highest BCUT2D eigenvalue weighted by molar-refractivity contribution is 5.94. The topological polar surface area (TPSA) is 73.8 Å². The fourth-order valence-electron chi connectivity index (χ4n) is 2.33. The molecule has 1 aliphatic rings. The van der Waals surface area contributed by atoms with E-state index in [0.717, 1.165) is 0 Å². The van der Waals surface area contributed by atoms with Gasteiger partial charge in [-0.25, -0.2) is 0 Å². The van der Waals surface area contributed by atoms with Gasteiger partial charge in [-0.2, -0.15) is 0 Å². The Kier molecular flexibility index (Phi) is 3.27. The lowest BCUT2D eigenvalue weighted by molar-refractivity contribution is 0.0947. The van der Waals surface area contributed by atoms with E-state index >= 15 is 0 Å². The summed E-state index contributed by atoms with van der Waals surface area (Å²) in [5.74, 6) is 2.94. The van der Waals surface area contributed by atoms with Crippen molar-refractivity contribution in [2.75, 3.05) is 6.79 Å². The van der Waals surface area contributed by atoms with Crippen molar-refractivity contribution in [2.45, 2.75) is 6.54 Å². The Morgan fingerprint density at radius 3 is 2.83 bits per heavy atom. The lowest BCUT2D eigenvalue weighted by Crippen LogP contribution is -2.22. The van der Waals surface area contributed by atoms with Crippen molar-refractivity contribution in [1.29, 1.82) is 0 Å². The van der Waals surface area contributed by atoms with Gasteiger partial charge in [0.1, 0.15) is 5.76 Å². The number of nitrogens with one attached hydrogen (secondary N) is 1. The van der Waals surface area contributed by atoms with E-state index in [9.17, 15) is 4.79 Å². The number of benzene rings is 1. The van der Waals surface area contributed by atoms with Gasteiger partial charge >= 0.3 is 0 Å². The van der Waals surface area contributed by atoms with Gasteiger partial charge in [-0.3, -0.25) is 4.79 Å². The average Bonchev–Trinajstić information content (AvgIpc) is 3.32. The second kappa shape index (κ2) is 5.57. The predicted molar refractivity (Wildman–Crippen MR) is 80.1 cm³/mol. The maximum atomic E-state index is 12.2. The van der Waals surface area contributed by atoms with E-state index in [0.29, 0.717) is 34.3 Å². The van der Waals surface area contributed by atoms with E-state index < -0.39 is 0 Å². The first-order chi connectivity index (χ1) is 11.3. The molecular weight excluding hydrogens is 298 g/mol. The minimum atomic E-state index is -0.209. The fourth-order valence-corrected chi connectivity index (χ4v) is 2.33. The maximum Gasteiger partial charge on any atom is 0.251 e. The highest BCUT2D eigenvalue weighted by Gasteiger charge is 2.16. The van der Waals surface area contributed by atoms with E-state index in [1.807, 2.05) is 6.07 Å². The van der Waals surface area contributed by atoms with Gasteiger partial charge in [0.05, 0.1) is 12.8 Å². The molecule has 0 unspecified atom stereocenters. The molecule has 0 spiro atoms. The number of fused-ring (bicyclic) bond motifs is 1. The summed E-state index contributed by atoms with van der Waals surface area (Å²) in [5, 5.41) is 2.81. The van der Waals surface area contributed by atoms with Crippen LogP contribution in [0.2, 0.25) is 0 Å². The third kappa shape index (κ3) is 2.66. The molecule has 1 N–H and O–H groups in total. The molecule has 0 radical (unpaired) electrons. The van der Waals surface area contributed by atoms with Gasteiger partial charge in [-0.15, -0.1) is 0 Å². The van der Waals surface area contributed by atoms with E-state index in [2.05, 4.69) is 5.32 Å². The van der Waals surface area contributed by atoms with Gasteiger partial charge in [-0.05, 0) is 42.5 Å². The molecule has 3 heterocycles. The average molecular weight is 311 g/mol. The standard InChI is InChI=1S/C17H13NO5/c19-17(11-3-5-14-16(8-11)22-10-21-14)18-9-12-4-6-15(23-12)13-2-1-7-20-13/h1-8H,9-10H2,(H,18,19). The summed E-state index contributed by atoms with van der Waals surface area (Å²) >= 11 is 0. The van der Waals surface area contributed by atoms with Crippen molar-refractivity contribution >= 4 is 5.91 Å². The van der Waals surface area contributed by atoms with E-state index in [4.69, 9.17) is 18.3 Å². The van der Waals surface area contributed by atoms with Gasteiger partial charge in [0.15, 0.2) is 23.0 Å². The number of amides is 1. The van der Waals surface area contributed by atoms with Crippen molar-refractivity contribution in [2.24, 2.45) is 0 Å². The zero-order chi connectivity index (χ0) is 15.6. The van der Waals surface area contributed by atoms with Crippen molar-refractivity contribution in [3.8, 4) is 23.0 Å². The SMILES string of the molecule is O=C(NCc1ccc(-c2ccco2)o1)c1ccc2c(c1)OCO2. The number of hydrogen-bond acceptors (Lipinski definition) is 5. The van der Waals surface area contributed by atoms with Crippen molar-refractivity contribution in [1.82, 2.24) is 5.32 Å². The molecule has 0 atom stereocenters. The molecule has 0 fully saturated rings. The zero-order valence-electron chi connectivity index (χ0n) is 12.1. The first kappa shape index (κ1) is 13.5. The summed E-state index contributed by atoms with van der Waals surface area (Å²) in [4.78, 5) is 12.2. The Morgan fingerprint density at radius 1 is 1.04 bits per heavy atom. The summed E-state index contributed by atoms with van der Waals surface area (Å²) < 4.78 is 21.4. The molecule has 116 valence electrons. The Morgan fingerprint density at radius 2 is 1.96 bits per heavy atom. The van der Waals surface area contributed by atoms with Crippen LogP contribution in [0.3, 0.4) is 0 Å². The molecule has 1 aliphatic heterocycles. The van der Waals surface area contributed by atoms with E-state index in [1.54, 1.807) is 42.7 Å². The third-order valence-electron chi connectivity index (χ3n) is 3.48. The molecule has 3 aromatic rings. The summed E-state index contributed by atoms with van der Waals surface area (Å²) in [5.41, 5.74) is 0.507. The Hall–Kier alpha value is -3.15. The molecule has 23 heavy (non-hydrogen) atoms.